The van der Waals surface area contributed by atoms with E-state index in [1.807, 2.05) is 0 Å². The maximum absolute atomic E-state index is 12.5. The summed E-state index contributed by atoms with van der Waals surface area (Å²) in [6, 6.07) is 15.6. The normalized spacial score (nSPS) is 11.1. The zero-order valence-corrected chi connectivity index (χ0v) is 19.1. The summed E-state index contributed by atoms with van der Waals surface area (Å²) in [6.07, 6.45) is 0. The summed E-state index contributed by atoms with van der Waals surface area (Å²) in [5.74, 6) is -0.903. The molecule has 10 heteroatoms. The molecule has 0 spiro atoms. The van der Waals surface area contributed by atoms with Crippen LogP contribution >= 0.6 is 23.2 Å². The molecule has 0 saturated carbocycles. The molecular weight excluding hydrogens is 467 g/mol. The van der Waals surface area contributed by atoms with Gasteiger partial charge in [0.15, 0.2) is 0 Å². The number of nitro benzene ring substituents is 1. The van der Waals surface area contributed by atoms with Crippen LogP contribution in [0, 0.1) is 17.0 Å². The van der Waals surface area contributed by atoms with Gasteiger partial charge in [-0.3, -0.25) is 19.7 Å². The second kappa shape index (κ2) is 10.2. The number of hydrazone groups is 1. The molecule has 2 amide bonds. The fourth-order valence-corrected chi connectivity index (χ4v) is 3.45. The van der Waals surface area contributed by atoms with E-state index in [1.54, 1.807) is 44.2 Å². The first-order valence-electron chi connectivity index (χ1n) is 9.62. The number of rotatable bonds is 6. The Morgan fingerprint density at radius 1 is 0.970 bits per heavy atom. The number of nitrogens with zero attached hydrogens (tertiary/aromatic N) is 2. The minimum Gasteiger partial charge on any atom is -0.322 e. The van der Waals surface area contributed by atoms with Crippen LogP contribution in [-0.4, -0.2) is 22.4 Å². The third kappa shape index (κ3) is 5.94. The van der Waals surface area contributed by atoms with E-state index >= 15 is 0 Å². The third-order valence-corrected chi connectivity index (χ3v) is 5.24. The molecule has 0 fully saturated rings. The van der Waals surface area contributed by atoms with Crippen LogP contribution in [0.1, 0.15) is 38.8 Å². The van der Waals surface area contributed by atoms with E-state index in [-0.39, 0.29) is 21.8 Å². The Morgan fingerprint density at radius 3 is 2.39 bits per heavy atom. The standard InChI is InChI=1S/C23H18Cl2N4O4/c1-13-10-16(6-9-21(13)29(32)33)22(30)28-27-14(2)15-4-3-5-18(11-15)26-23(31)19-8-7-17(24)12-20(19)25/h3-12H,1-2H3,(H,26,31)(H,28,30)/b27-14-. The second-order valence-corrected chi connectivity index (χ2v) is 7.90. The van der Waals surface area contributed by atoms with E-state index in [0.29, 0.717) is 27.5 Å². The van der Waals surface area contributed by atoms with E-state index in [0.717, 1.165) is 0 Å². The SMILES string of the molecule is C/C(=N/NC(=O)c1ccc([N+](=O)[O-])c(C)c1)c1cccc(NC(=O)c2ccc(Cl)cc2Cl)c1. The molecule has 0 bridgehead atoms. The topological polar surface area (TPSA) is 114 Å². The zero-order valence-electron chi connectivity index (χ0n) is 17.6. The Kier molecular flexibility index (Phi) is 7.42. The number of carbonyl (C=O) groups excluding carboxylic acids is 2. The Bertz CT molecular complexity index is 1290. The van der Waals surface area contributed by atoms with Gasteiger partial charge in [-0.25, -0.2) is 5.43 Å². The number of nitro groups is 1. The molecule has 2 N–H and O–H groups in total. The molecule has 8 nitrogen and oxygen atoms in total. The summed E-state index contributed by atoms with van der Waals surface area (Å²) in [4.78, 5) is 35.3. The summed E-state index contributed by atoms with van der Waals surface area (Å²) in [5, 5.41) is 18.4. The summed E-state index contributed by atoms with van der Waals surface area (Å²) < 4.78 is 0. The highest BCUT2D eigenvalue weighted by Gasteiger charge is 2.14. The number of halogens is 2. The molecular formula is C23H18Cl2N4O4. The fraction of sp³-hybridized carbons (Fsp3) is 0.0870. The highest BCUT2D eigenvalue weighted by atomic mass is 35.5. The van der Waals surface area contributed by atoms with Crippen LogP contribution in [0.4, 0.5) is 11.4 Å². The molecule has 0 radical (unpaired) electrons. The maximum atomic E-state index is 12.5. The van der Waals surface area contributed by atoms with Gasteiger partial charge in [0.2, 0.25) is 0 Å². The van der Waals surface area contributed by atoms with Gasteiger partial charge < -0.3 is 5.32 Å². The summed E-state index contributed by atoms with van der Waals surface area (Å²) >= 11 is 12.0. The van der Waals surface area contributed by atoms with Crippen LogP contribution < -0.4 is 10.7 Å². The average Bonchev–Trinajstić information content (AvgIpc) is 2.76. The molecule has 3 aromatic carbocycles. The zero-order chi connectivity index (χ0) is 24.1. The Labute approximate surface area is 199 Å². The number of hydrogen-bond acceptors (Lipinski definition) is 5. The molecule has 0 aliphatic carbocycles. The predicted octanol–water partition coefficient (Wildman–Crippen LogP) is 5.62. The average molecular weight is 485 g/mol. The van der Waals surface area contributed by atoms with Crippen molar-refractivity contribution in [3.05, 3.63) is 103 Å². The first kappa shape index (κ1) is 23.9. The Balaban J connectivity index is 1.71. The third-order valence-electron chi connectivity index (χ3n) is 4.69. The van der Waals surface area contributed by atoms with E-state index < -0.39 is 16.7 Å². The van der Waals surface area contributed by atoms with Crippen molar-refractivity contribution in [2.75, 3.05) is 5.32 Å². The Hall–Kier alpha value is -3.75. The molecule has 0 atom stereocenters. The molecule has 0 aromatic heterocycles. The molecule has 0 aliphatic rings. The van der Waals surface area contributed by atoms with Crippen molar-refractivity contribution in [1.29, 1.82) is 0 Å². The molecule has 0 heterocycles. The van der Waals surface area contributed by atoms with Crippen molar-refractivity contribution in [2.24, 2.45) is 5.10 Å². The number of nitrogens with one attached hydrogen (secondary N) is 2. The largest absolute Gasteiger partial charge is 0.322 e. The molecule has 168 valence electrons. The summed E-state index contributed by atoms with van der Waals surface area (Å²) in [5.41, 5.74) is 4.93. The van der Waals surface area contributed by atoms with Crippen molar-refractivity contribution in [3.8, 4) is 0 Å². The van der Waals surface area contributed by atoms with Gasteiger partial charge in [-0.1, -0.05) is 35.3 Å². The highest BCUT2D eigenvalue weighted by Crippen LogP contribution is 2.22. The molecule has 3 aromatic rings. The number of anilines is 1. The van der Waals surface area contributed by atoms with Crippen LogP contribution in [0.25, 0.3) is 0 Å². The molecule has 0 aliphatic heterocycles. The number of aryl methyl sites for hydroxylation is 1. The summed E-state index contributed by atoms with van der Waals surface area (Å²) in [7, 11) is 0. The monoisotopic (exact) mass is 484 g/mol. The molecule has 3 rings (SSSR count). The minimum absolute atomic E-state index is 0.0648. The first-order valence-corrected chi connectivity index (χ1v) is 10.4. The van der Waals surface area contributed by atoms with E-state index in [2.05, 4.69) is 15.8 Å². The van der Waals surface area contributed by atoms with Gasteiger partial charge in [0.1, 0.15) is 0 Å². The number of hydrogen-bond donors (Lipinski definition) is 2. The van der Waals surface area contributed by atoms with Gasteiger partial charge in [-0.15, -0.1) is 0 Å². The number of benzene rings is 3. The lowest BCUT2D eigenvalue weighted by atomic mass is 10.1. The fourth-order valence-electron chi connectivity index (χ4n) is 2.96. The summed E-state index contributed by atoms with van der Waals surface area (Å²) in [6.45, 7) is 3.25. The van der Waals surface area contributed by atoms with E-state index in [4.69, 9.17) is 23.2 Å². The Morgan fingerprint density at radius 2 is 1.73 bits per heavy atom. The van der Waals surface area contributed by atoms with Crippen molar-refractivity contribution < 1.29 is 14.5 Å². The number of carbonyl (C=O) groups is 2. The van der Waals surface area contributed by atoms with Crippen molar-refractivity contribution in [2.45, 2.75) is 13.8 Å². The lowest BCUT2D eigenvalue weighted by molar-refractivity contribution is -0.385. The van der Waals surface area contributed by atoms with Crippen LogP contribution in [-0.2, 0) is 0 Å². The van der Waals surface area contributed by atoms with Gasteiger partial charge in [0.05, 0.1) is 21.2 Å². The van der Waals surface area contributed by atoms with Crippen LogP contribution in [0.3, 0.4) is 0 Å². The highest BCUT2D eigenvalue weighted by molar-refractivity contribution is 6.37. The van der Waals surface area contributed by atoms with Gasteiger partial charge in [-0.05, 0) is 61.9 Å². The van der Waals surface area contributed by atoms with Gasteiger partial charge in [0, 0.05) is 27.9 Å². The maximum Gasteiger partial charge on any atom is 0.272 e. The van der Waals surface area contributed by atoms with Gasteiger partial charge in [-0.2, -0.15) is 5.10 Å². The smallest absolute Gasteiger partial charge is 0.272 e. The van der Waals surface area contributed by atoms with Crippen LogP contribution in [0.2, 0.25) is 10.0 Å². The first-order chi connectivity index (χ1) is 15.7. The van der Waals surface area contributed by atoms with Crippen LogP contribution in [0.15, 0.2) is 65.8 Å². The second-order valence-electron chi connectivity index (χ2n) is 7.06. The molecule has 0 saturated heterocycles. The van der Waals surface area contributed by atoms with Crippen molar-refractivity contribution >= 4 is 52.1 Å². The van der Waals surface area contributed by atoms with Gasteiger partial charge >= 0.3 is 0 Å². The minimum atomic E-state index is -0.508. The lowest BCUT2D eigenvalue weighted by Crippen LogP contribution is -2.19. The lowest BCUT2D eigenvalue weighted by Gasteiger charge is -2.09. The molecule has 33 heavy (non-hydrogen) atoms. The van der Waals surface area contributed by atoms with Gasteiger partial charge in [0.25, 0.3) is 17.5 Å². The van der Waals surface area contributed by atoms with Crippen molar-refractivity contribution in [1.82, 2.24) is 5.43 Å². The van der Waals surface area contributed by atoms with Crippen LogP contribution in [0.5, 0.6) is 0 Å². The van der Waals surface area contributed by atoms with Crippen molar-refractivity contribution in [3.63, 3.8) is 0 Å². The molecule has 0 unspecified atom stereocenters. The quantitative estimate of drug-likeness (QED) is 0.268. The number of amides is 2. The predicted molar refractivity (Wildman–Crippen MR) is 128 cm³/mol. The van der Waals surface area contributed by atoms with E-state index in [9.17, 15) is 19.7 Å². The van der Waals surface area contributed by atoms with E-state index in [1.165, 1.54) is 30.3 Å².